The Bertz CT molecular complexity index is 603. The molecule has 2 fully saturated rings. The van der Waals surface area contributed by atoms with E-state index in [4.69, 9.17) is 4.74 Å². The predicted molar refractivity (Wildman–Crippen MR) is 107 cm³/mol. The number of hydrogen-bond donors (Lipinski definition) is 1. The van der Waals surface area contributed by atoms with Crippen LogP contribution in [0.25, 0.3) is 0 Å². The normalized spacial score (nSPS) is 22.0. The van der Waals surface area contributed by atoms with Crippen molar-refractivity contribution in [3.8, 4) is 0 Å². The van der Waals surface area contributed by atoms with E-state index >= 15 is 0 Å². The predicted octanol–water partition coefficient (Wildman–Crippen LogP) is 2.72. The van der Waals surface area contributed by atoms with Gasteiger partial charge in [0.05, 0.1) is 11.7 Å². The van der Waals surface area contributed by atoms with Crippen molar-refractivity contribution < 1.29 is 14.6 Å². The quantitative estimate of drug-likeness (QED) is 0.832. The van der Waals surface area contributed by atoms with E-state index in [9.17, 15) is 9.90 Å². The molecule has 3 rings (SSSR count). The molecule has 2 aliphatic heterocycles. The molecule has 0 radical (unpaired) electrons. The molecule has 1 atom stereocenters. The zero-order valence-corrected chi connectivity index (χ0v) is 16.8. The van der Waals surface area contributed by atoms with Gasteiger partial charge in [0.25, 0.3) is 5.91 Å². The van der Waals surface area contributed by atoms with Crippen molar-refractivity contribution in [3.63, 3.8) is 0 Å². The Labute approximate surface area is 163 Å². The molecule has 0 aliphatic carbocycles. The number of nitrogens with zero attached hydrogens (tertiary/aromatic N) is 2. The van der Waals surface area contributed by atoms with Gasteiger partial charge >= 0.3 is 0 Å². The second-order valence-electron chi connectivity index (χ2n) is 8.61. The summed E-state index contributed by atoms with van der Waals surface area (Å²) < 4.78 is 6.00. The molecule has 0 saturated carbocycles. The van der Waals surface area contributed by atoms with Crippen LogP contribution >= 0.6 is 0 Å². The number of aliphatic hydroxyl groups is 1. The zero-order valence-electron chi connectivity index (χ0n) is 16.8. The van der Waals surface area contributed by atoms with Crippen molar-refractivity contribution in [1.29, 1.82) is 0 Å². The highest BCUT2D eigenvalue weighted by molar-refractivity contribution is 5.94. The molecular weight excluding hydrogens is 340 g/mol. The van der Waals surface area contributed by atoms with Gasteiger partial charge in [-0.2, -0.15) is 0 Å². The fourth-order valence-corrected chi connectivity index (χ4v) is 3.89. The Balaban J connectivity index is 1.57. The van der Waals surface area contributed by atoms with Crippen LogP contribution < -0.4 is 0 Å². The summed E-state index contributed by atoms with van der Waals surface area (Å²) in [6, 6.07) is 7.86. The lowest BCUT2D eigenvalue weighted by Gasteiger charge is -2.27. The highest BCUT2D eigenvalue weighted by Crippen LogP contribution is 2.17. The Morgan fingerprint density at radius 2 is 1.85 bits per heavy atom. The van der Waals surface area contributed by atoms with E-state index in [0.717, 1.165) is 56.8 Å². The molecular formula is C22H34N2O3. The van der Waals surface area contributed by atoms with Crippen LogP contribution in [0.15, 0.2) is 24.3 Å². The van der Waals surface area contributed by atoms with E-state index < -0.39 is 5.60 Å². The molecule has 5 nitrogen and oxygen atoms in total. The lowest BCUT2D eigenvalue weighted by molar-refractivity contribution is 0.0297. The molecule has 0 unspecified atom stereocenters. The van der Waals surface area contributed by atoms with Crippen LogP contribution in [0.1, 0.15) is 55.5 Å². The fourth-order valence-electron chi connectivity index (χ4n) is 3.89. The van der Waals surface area contributed by atoms with Gasteiger partial charge in [-0.25, -0.2) is 0 Å². The largest absolute Gasteiger partial charge is 0.390 e. The number of aryl methyl sites for hydroxylation is 1. The van der Waals surface area contributed by atoms with Gasteiger partial charge in [0, 0.05) is 31.8 Å². The highest BCUT2D eigenvalue weighted by Gasteiger charge is 2.26. The van der Waals surface area contributed by atoms with E-state index in [0.29, 0.717) is 13.0 Å². The van der Waals surface area contributed by atoms with Crippen LogP contribution in [0, 0.1) is 0 Å². The standard InChI is InChI=1S/C22H34N2O3/c1-22(2,26)11-10-18-6-8-19(9-7-18)21(25)24-14-5-15-27-20(17-24)16-23-12-3-4-13-23/h6-9,20,26H,3-5,10-17H2,1-2H3/t20-/m1/s1. The number of ether oxygens (including phenoxy) is 1. The van der Waals surface area contributed by atoms with E-state index in [2.05, 4.69) is 4.90 Å². The monoisotopic (exact) mass is 374 g/mol. The fraction of sp³-hybridized carbons (Fsp3) is 0.682. The maximum Gasteiger partial charge on any atom is 0.253 e. The molecule has 1 aromatic rings. The van der Waals surface area contributed by atoms with Gasteiger partial charge < -0.3 is 19.6 Å². The minimum atomic E-state index is -0.662. The van der Waals surface area contributed by atoms with Gasteiger partial charge in [-0.15, -0.1) is 0 Å². The second-order valence-corrected chi connectivity index (χ2v) is 8.61. The summed E-state index contributed by atoms with van der Waals surface area (Å²) in [6.45, 7) is 9.05. The molecule has 27 heavy (non-hydrogen) atoms. The molecule has 1 amide bonds. The maximum absolute atomic E-state index is 13.0. The molecule has 2 heterocycles. The molecule has 1 aromatic carbocycles. The van der Waals surface area contributed by atoms with Crippen LogP contribution in [-0.4, -0.2) is 71.8 Å². The van der Waals surface area contributed by atoms with Crippen LogP contribution in [0.2, 0.25) is 0 Å². The summed E-state index contributed by atoms with van der Waals surface area (Å²) in [5, 5.41) is 9.87. The zero-order chi connectivity index (χ0) is 19.3. The Kier molecular flexibility index (Phi) is 6.90. The number of hydrogen-bond acceptors (Lipinski definition) is 4. The van der Waals surface area contributed by atoms with E-state index in [1.807, 2.05) is 43.0 Å². The third kappa shape index (κ3) is 6.30. The molecule has 1 N–H and O–H groups in total. The second kappa shape index (κ2) is 9.18. The van der Waals surface area contributed by atoms with Crippen LogP contribution in [0.4, 0.5) is 0 Å². The van der Waals surface area contributed by atoms with Gasteiger partial charge in [-0.1, -0.05) is 12.1 Å². The topological polar surface area (TPSA) is 53.0 Å². The molecule has 2 aliphatic rings. The third-order valence-electron chi connectivity index (χ3n) is 5.52. The first-order valence-corrected chi connectivity index (χ1v) is 10.4. The Morgan fingerprint density at radius 3 is 2.52 bits per heavy atom. The maximum atomic E-state index is 13.0. The Hall–Kier alpha value is -1.43. The first kappa shape index (κ1) is 20.3. The minimum absolute atomic E-state index is 0.0981. The van der Waals surface area contributed by atoms with E-state index in [-0.39, 0.29) is 12.0 Å². The lowest BCUT2D eigenvalue weighted by atomic mass is 9.98. The van der Waals surface area contributed by atoms with Crippen molar-refractivity contribution in [2.75, 3.05) is 39.3 Å². The molecule has 5 heteroatoms. The summed E-state index contributed by atoms with van der Waals surface area (Å²) in [6.07, 6.45) is 5.08. The first-order valence-electron chi connectivity index (χ1n) is 10.4. The van der Waals surface area contributed by atoms with Crippen LogP contribution in [0.5, 0.6) is 0 Å². The first-order chi connectivity index (χ1) is 12.9. The molecule has 0 spiro atoms. The molecule has 150 valence electrons. The number of amides is 1. The SMILES string of the molecule is CC(C)(O)CCc1ccc(C(=O)N2CCCO[C@H](CN3CCCC3)C2)cc1. The van der Waals surface area contributed by atoms with Crippen molar-refractivity contribution >= 4 is 5.91 Å². The van der Waals surface area contributed by atoms with Crippen molar-refractivity contribution in [3.05, 3.63) is 35.4 Å². The highest BCUT2D eigenvalue weighted by atomic mass is 16.5. The van der Waals surface area contributed by atoms with E-state index in [1.165, 1.54) is 12.8 Å². The van der Waals surface area contributed by atoms with Gasteiger partial charge in [0.2, 0.25) is 0 Å². The summed E-state index contributed by atoms with van der Waals surface area (Å²) in [5.41, 5.74) is 1.23. The summed E-state index contributed by atoms with van der Waals surface area (Å²) >= 11 is 0. The third-order valence-corrected chi connectivity index (χ3v) is 5.52. The lowest BCUT2D eigenvalue weighted by Crippen LogP contribution is -2.41. The average Bonchev–Trinajstić information content (AvgIpc) is 3.03. The van der Waals surface area contributed by atoms with Gasteiger partial charge in [0.1, 0.15) is 0 Å². The smallest absolute Gasteiger partial charge is 0.253 e. The van der Waals surface area contributed by atoms with Crippen molar-refractivity contribution in [2.45, 2.75) is 57.7 Å². The summed E-state index contributed by atoms with van der Waals surface area (Å²) in [4.78, 5) is 17.4. The van der Waals surface area contributed by atoms with Gasteiger partial charge in [-0.3, -0.25) is 4.79 Å². The summed E-state index contributed by atoms with van der Waals surface area (Å²) in [5.74, 6) is 0.0981. The molecule has 0 aromatic heterocycles. The average molecular weight is 375 g/mol. The van der Waals surface area contributed by atoms with Crippen molar-refractivity contribution in [1.82, 2.24) is 9.80 Å². The number of likely N-dealkylation sites (tertiary alicyclic amines) is 1. The minimum Gasteiger partial charge on any atom is -0.390 e. The Morgan fingerprint density at radius 1 is 1.15 bits per heavy atom. The van der Waals surface area contributed by atoms with Crippen LogP contribution in [-0.2, 0) is 11.2 Å². The van der Waals surface area contributed by atoms with Gasteiger partial charge in [0.15, 0.2) is 0 Å². The number of carbonyl (C=O) groups excluding carboxylic acids is 1. The number of benzene rings is 1. The van der Waals surface area contributed by atoms with Gasteiger partial charge in [-0.05, 0) is 76.7 Å². The number of carbonyl (C=O) groups is 1. The van der Waals surface area contributed by atoms with Crippen LogP contribution in [0.3, 0.4) is 0 Å². The molecule has 2 saturated heterocycles. The van der Waals surface area contributed by atoms with Crippen molar-refractivity contribution in [2.24, 2.45) is 0 Å². The summed E-state index contributed by atoms with van der Waals surface area (Å²) in [7, 11) is 0. The molecule has 0 bridgehead atoms. The number of rotatable bonds is 6. The van der Waals surface area contributed by atoms with E-state index in [1.54, 1.807) is 0 Å².